The van der Waals surface area contributed by atoms with E-state index in [-0.39, 0.29) is 30.8 Å². The normalized spacial score (nSPS) is 28.6. The number of sulfonamides is 1. The zero-order valence-corrected chi connectivity index (χ0v) is 13.7. The lowest BCUT2D eigenvalue weighted by Gasteiger charge is -2.42. The summed E-state index contributed by atoms with van der Waals surface area (Å²) in [6, 6.07) is 1.64. The van der Waals surface area contributed by atoms with Crippen LogP contribution in [0.5, 0.6) is 0 Å². The summed E-state index contributed by atoms with van der Waals surface area (Å²) < 4.78 is 25.0. The molecule has 0 aromatic carbocycles. The van der Waals surface area contributed by atoms with Crippen molar-refractivity contribution in [1.29, 1.82) is 0 Å². The molecule has 0 saturated carbocycles. The van der Waals surface area contributed by atoms with Crippen LogP contribution in [0.4, 0.5) is 0 Å². The van der Waals surface area contributed by atoms with Crippen LogP contribution in [0, 0.1) is 11.3 Å². The van der Waals surface area contributed by atoms with E-state index >= 15 is 0 Å². The van der Waals surface area contributed by atoms with Crippen LogP contribution in [0.25, 0.3) is 0 Å². The zero-order chi connectivity index (χ0) is 16.7. The fourth-order valence-electron chi connectivity index (χ4n) is 3.54. The predicted molar refractivity (Wildman–Crippen MR) is 82.0 cm³/mol. The van der Waals surface area contributed by atoms with Gasteiger partial charge in [0.2, 0.25) is 15.8 Å². The van der Waals surface area contributed by atoms with Gasteiger partial charge in [-0.3, -0.25) is 4.79 Å². The number of fused-ring (bicyclic) bond motifs is 1. The van der Waals surface area contributed by atoms with E-state index < -0.39 is 15.4 Å². The van der Waals surface area contributed by atoms with Gasteiger partial charge in [-0.2, -0.15) is 0 Å². The first-order valence-electron chi connectivity index (χ1n) is 7.48. The van der Waals surface area contributed by atoms with Crippen molar-refractivity contribution in [2.24, 2.45) is 11.3 Å². The zero-order valence-electron chi connectivity index (χ0n) is 12.9. The Morgan fingerprint density at radius 1 is 1.39 bits per heavy atom. The van der Waals surface area contributed by atoms with Gasteiger partial charge in [-0.05, 0) is 18.4 Å². The van der Waals surface area contributed by atoms with Crippen LogP contribution in [0.2, 0.25) is 0 Å². The van der Waals surface area contributed by atoms with Crippen molar-refractivity contribution in [2.75, 3.05) is 39.0 Å². The third-order valence-corrected chi connectivity index (χ3v) is 6.08. The third kappa shape index (κ3) is 2.96. The molecular formula is C14H20N4O4S. The van der Waals surface area contributed by atoms with Crippen LogP contribution in [0.15, 0.2) is 18.5 Å². The molecule has 8 nitrogen and oxygen atoms in total. The number of aromatic nitrogens is 2. The van der Waals surface area contributed by atoms with Gasteiger partial charge in [0.25, 0.3) is 5.91 Å². The number of piperidine rings is 1. The van der Waals surface area contributed by atoms with Crippen LogP contribution in [0.1, 0.15) is 17.0 Å². The van der Waals surface area contributed by atoms with Crippen molar-refractivity contribution >= 4 is 15.9 Å². The minimum atomic E-state index is -3.30. The van der Waals surface area contributed by atoms with Gasteiger partial charge < -0.3 is 10.0 Å². The molecule has 2 saturated heterocycles. The Balaban J connectivity index is 1.81. The lowest BCUT2D eigenvalue weighted by Crippen LogP contribution is -2.53. The topological polar surface area (TPSA) is 104 Å². The van der Waals surface area contributed by atoms with E-state index in [1.165, 1.54) is 23.0 Å². The summed E-state index contributed by atoms with van der Waals surface area (Å²) in [5, 5.41) is 9.91. The Kier molecular flexibility index (Phi) is 4.11. The lowest BCUT2D eigenvalue weighted by atomic mass is 9.74. The van der Waals surface area contributed by atoms with Crippen molar-refractivity contribution in [3.05, 3.63) is 24.3 Å². The molecule has 2 aliphatic heterocycles. The molecule has 23 heavy (non-hydrogen) atoms. The first-order chi connectivity index (χ1) is 10.9. The third-order valence-electron chi connectivity index (χ3n) is 4.86. The molecule has 126 valence electrons. The predicted octanol–water partition coefficient (Wildman–Crippen LogP) is -0.807. The molecule has 0 unspecified atom stereocenters. The number of likely N-dealkylation sites (tertiary alicyclic amines) is 1. The van der Waals surface area contributed by atoms with Crippen LogP contribution in [0.3, 0.4) is 0 Å². The van der Waals surface area contributed by atoms with Crippen molar-refractivity contribution < 1.29 is 18.3 Å². The van der Waals surface area contributed by atoms with Gasteiger partial charge in [0.1, 0.15) is 0 Å². The molecule has 0 bridgehead atoms. The van der Waals surface area contributed by atoms with Gasteiger partial charge in [0.05, 0.1) is 12.9 Å². The van der Waals surface area contributed by atoms with Crippen molar-refractivity contribution in [3.8, 4) is 0 Å². The van der Waals surface area contributed by atoms with Crippen LogP contribution >= 0.6 is 0 Å². The second-order valence-corrected chi connectivity index (χ2v) is 8.34. The molecule has 2 atom stereocenters. The first kappa shape index (κ1) is 16.3. The Labute approximate surface area is 135 Å². The molecule has 1 amide bonds. The summed E-state index contributed by atoms with van der Waals surface area (Å²) in [7, 11) is -3.30. The summed E-state index contributed by atoms with van der Waals surface area (Å²) in [5.74, 6) is -0.102. The quantitative estimate of drug-likeness (QED) is 0.772. The highest BCUT2D eigenvalue weighted by Gasteiger charge is 2.52. The molecule has 1 aromatic rings. The molecule has 9 heteroatoms. The molecule has 0 spiro atoms. The van der Waals surface area contributed by atoms with Gasteiger partial charge in [-0.25, -0.2) is 22.7 Å². The molecule has 1 aromatic heterocycles. The van der Waals surface area contributed by atoms with Crippen LogP contribution in [-0.2, 0) is 10.0 Å². The number of rotatable bonds is 3. The van der Waals surface area contributed by atoms with E-state index in [9.17, 15) is 18.3 Å². The fourth-order valence-corrected chi connectivity index (χ4v) is 4.48. The molecule has 3 heterocycles. The SMILES string of the molecule is CS(=O)(=O)N1C[C@@H]2CCN(C(=O)c3ncccn3)C[C@]2(CO)C1. The highest BCUT2D eigenvalue weighted by atomic mass is 32.2. The van der Waals surface area contributed by atoms with Gasteiger partial charge >= 0.3 is 0 Å². The number of amides is 1. The smallest absolute Gasteiger partial charge is 0.291 e. The highest BCUT2D eigenvalue weighted by molar-refractivity contribution is 7.88. The van der Waals surface area contributed by atoms with E-state index in [1.807, 2.05) is 0 Å². The van der Waals surface area contributed by atoms with Crippen molar-refractivity contribution in [3.63, 3.8) is 0 Å². The second-order valence-electron chi connectivity index (χ2n) is 6.36. The fraction of sp³-hybridized carbons (Fsp3) is 0.643. The minimum absolute atomic E-state index is 0.0583. The highest BCUT2D eigenvalue weighted by Crippen LogP contribution is 2.42. The van der Waals surface area contributed by atoms with Gasteiger partial charge in [-0.15, -0.1) is 0 Å². The maximum Gasteiger partial charge on any atom is 0.291 e. The Morgan fingerprint density at radius 3 is 2.70 bits per heavy atom. The summed E-state index contributed by atoms with van der Waals surface area (Å²) in [4.78, 5) is 22.1. The molecular weight excluding hydrogens is 320 g/mol. The van der Waals surface area contributed by atoms with Crippen LogP contribution in [-0.4, -0.2) is 77.6 Å². The Hall–Kier alpha value is -1.58. The van der Waals surface area contributed by atoms with Crippen molar-refractivity contribution in [2.45, 2.75) is 6.42 Å². The summed E-state index contributed by atoms with van der Waals surface area (Å²) in [6.07, 6.45) is 4.85. The first-order valence-corrected chi connectivity index (χ1v) is 9.33. The lowest BCUT2D eigenvalue weighted by molar-refractivity contribution is 0.0123. The number of aliphatic hydroxyl groups is 1. The Morgan fingerprint density at radius 2 is 2.09 bits per heavy atom. The van der Waals surface area contributed by atoms with Gasteiger partial charge in [0.15, 0.2) is 0 Å². The number of carbonyl (C=O) groups excluding carboxylic acids is 1. The van der Waals surface area contributed by atoms with E-state index in [4.69, 9.17) is 0 Å². The molecule has 0 aliphatic carbocycles. The second kappa shape index (κ2) is 5.81. The van der Waals surface area contributed by atoms with E-state index in [0.29, 0.717) is 26.1 Å². The molecule has 3 rings (SSSR count). The van der Waals surface area contributed by atoms with Gasteiger partial charge in [0, 0.05) is 44.0 Å². The molecule has 2 aliphatic rings. The monoisotopic (exact) mass is 340 g/mol. The van der Waals surface area contributed by atoms with E-state index in [0.717, 1.165) is 0 Å². The number of nitrogens with zero attached hydrogens (tertiary/aromatic N) is 4. The average molecular weight is 340 g/mol. The van der Waals surface area contributed by atoms with Crippen LogP contribution < -0.4 is 0 Å². The standard InChI is InChI=1S/C14H20N4O4S/c1-23(21,22)18-7-11-3-6-17(8-14(11,9-18)10-19)13(20)12-15-4-2-5-16-12/h2,4-5,11,19H,3,6-10H2,1H3/t11-,14+/m0/s1. The number of hydrogen-bond acceptors (Lipinski definition) is 6. The molecule has 1 N–H and O–H groups in total. The molecule has 0 radical (unpaired) electrons. The summed E-state index contributed by atoms with van der Waals surface area (Å²) in [6.45, 7) is 1.33. The van der Waals surface area contributed by atoms with E-state index in [2.05, 4.69) is 9.97 Å². The van der Waals surface area contributed by atoms with Crippen molar-refractivity contribution in [1.82, 2.24) is 19.2 Å². The number of aliphatic hydroxyl groups excluding tert-OH is 1. The average Bonchev–Trinajstić information content (AvgIpc) is 2.94. The Bertz CT molecular complexity index is 696. The molecule has 2 fully saturated rings. The number of hydrogen-bond donors (Lipinski definition) is 1. The summed E-state index contributed by atoms with van der Waals surface area (Å²) in [5.41, 5.74) is -0.605. The maximum atomic E-state index is 12.5. The summed E-state index contributed by atoms with van der Waals surface area (Å²) >= 11 is 0. The largest absolute Gasteiger partial charge is 0.396 e. The minimum Gasteiger partial charge on any atom is -0.396 e. The van der Waals surface area contributed by atoms with Gasteiger partial charge in [-0.1, -0.05) is 0 Å². The van der Waals surface area contributed by atoms with E-state index in [1.54, 1.807) is 11.0 Å². The number of carbonyl (C=O) groups is 1. The maximum absolute atomic E-state index is 12.5.